The smallest absolute Gasteiger partial charge is 0.338 e. The molecule has 1 aliphatic heterocycles. The van der Waals surface area contributed by atoms with Crippen molar-refractivity contribution in [1.29, 1.82) is 0 Å². The predicted octanol–water partition coefficient (Wildman–Crippen LogP) is 5.76. The van der Waals surface area contributed by atoms with Gasteiger partial charge in [-0.2, -0.15) is 13.2 Å². The van der Waals surface area contributed by atoms with Gasteiger partial charge in [-0.05, 0) is 48.9 Å². The van der Waals surface area contributed by atoms with E-state index in [9.17, 15) is 18.0 Å². The van der Waals surface area contributed by atoms with Crippen molar-refractivity contribution in [3.05, 3.63) is 68.7 Å². The van der Waals surface area contributed by atoms with Crippen LogP contribution in [0.3, 0.4) is 0 Å². The van der Waals surface area contributed by atoms with Gasteiger partial charge in [0.15, 0.2) is 0 Å². The highest BCUT2D eigenvalue weighted by Crippen LogP contribution is 2.33. The lowest BCUT2D eigenvalue weighted by Crippen LogP contribution is -2.49. The number of piperidine rings is 1. The quantitative estimate of drug-likeness (QED) is 0.568. The second-order valence-electron chi connectivity index (χ2n) is 6.86. The van der Waals surface area contributed by atoms with Crippen molar-refractivity contribution in [1.82, 2.24) is 10.2 Å². The summed E-state index contributed by atoms with van der Waals surface area (Å²) in [7, 11) is 1.65. The molecule has 2 unspecified atom stereocenters. The molecule has 2 atom stereocenters. The highest BCUT2D eigenvalue weighted by Gasteiger charge is 2.35. The minimum atomic E-state index is -4.52. The maximum Gasteiger partial charge on any atom is 0.416 e. The maximum atomic E-state index is 13.1. The largest absolute Gasteiger partial charge is 0.416 e. The van der Waals surface area contributed by atoms with Gasteiger partial charge in [0, 0.05) is 40.6 Å². The van der Waals surface area contributed by atoms with Crippen molar-refractivity contribution in [2.75, 3.05) is 20.1 Å². The third-order valence-corrected chi connectivity index (χ3v) is 5.74. The zero-order chi connectivity index (χ0) is 20.5. The number of nitrogens with one attached hydrogen (secondary N) is 1. The summed E-state index contributed by atoms with van der Waals surface area (Å²) in [5, 5.41) is 3.95. The van der Waals surface area contributed by atoms with Gasteiger partial charge in [-0.1, -0.05) is 39.7 Å². The number of likely N-dealkylation sites (N-methyl/N-ethyl adjacent to an activating group) is 1. The van der Waals surface area contributed by atoms with Crippen LogP contribution in [0, 0.1) is 0 Å². The number of carbonyl (C=O) groups excluding carboxylic acids is 1. The molecular weight excluding hydrogens is 492 g/mol. The molecule has 3 rings (SSSR count). The molecule has 0 radical (unpaired) electrons. The van der Waals surface area contributed by atoms with E-state index >= 15 is 0 Å². The maximum absolute atomic E-state index is 13.1. The summed E-state index contributed by atoms with van der Waals surface area (Å²) < 4.78 is 39.6. The fourth-order valence-electron chi connectivity index (χ4n) is 3.59. The predicted molar refractivity (Wildman–Crippen MR) is 114 cm³/mol. The van der Waals surface area contributed by atoms with Gasteiger partial charge in [0.1, 0.15) is 0 Å². The molecule has 1 N–H and O–H groups in total. The third kappa shape index (κ3) is 5.66. The fourth-order valence-corrected chi connectivity index (χ4v) is 4.21. The lowest BCUT2D eigenvalue weighted by molar-refractivity contribution is -0.137. The Labute approximate surface area is 187 Å². The Balaban J connectivity index is 0.00000300. The van der Waals surface area contributed by atoms with E-state index < -0.39 is 17.6 Å². The average Bonchev–Trinajstić information content (AvgIpc) is 2.66. The molecule has 29 heavy (non-hydrogen) atoms. The number of carbonyl (C=O) groups is 1. The van der Waals surface area contributed by atoms with Gasteiger partial charge < -0.3 is 10.2 Å². The average molecular weight is 512 g/mol. The van der Waals surface area contributed by atoms with E-state index in [4.69, 9.17) is 11.6 Å². The Morgan fingerprint density at radius 2 is 1.86 bits per heavy atom. The van der Waals surface area contributed by atoms with E-state index in [1.807, 2.05) is 12.1 Å². The molecule has 2 aromatic carbocycles. The normalized spacial score (nSPS) is 19.4. The van der Waals surface area contributed by atoms with Crippen molar-refractivity contribution in [3.63, 3.8) is 0 Å². The number of rotatable bonds is 3. The van der Waals surface area contributed by atoms with Crippen molar-refractivity contribution in [2.24, 2.45) is 0 Å². The summed E-state index contributed by atoms with van der Waals surface area (Å²) in [6.45, 7) is 1.41. The van der Waals surface area contributed by atoms with Gasteiger partial charge >= 0.3 is 6.18 Å². The Hall–Kier alpha value is -1.28. The summed E-state index contributed by atoms with van der Waals surface area (Å²) in [6, 6.07) is 10.6. The molecular formula is C20H20BrCl2F3N2O. The number of halogens is 6. The molecule has 0 bridgehead atoms. The summed E-state index contributed by atoms with van der Waals surface area (Å²) in [6.07, 6.45) is -3.81. The molecule has 9 heteroatoms. The number of hydrogen-bond acceptors (Lipinski definition) is 2. The van der Waals surface area contributed by atoms with Gasteiger partial charge in [0.25, 0.3) is 5.91 Å². The highest BCUT2D eigenvalue weighted by atomic mass is 79.9. The van der Waals surface area contributed by atoms with E-state index in [-0.39, 0.29) is 34.4 Å². The van der Waals surface area contributed by atoms with Crippen LogP contribution in [0.15, 0.2) is 46.9 Å². The minimum absolute atomic E-state index is 0. The topological polar surface area (TPSA) is 32.3 Å². The van der Waals surface area contributed by atoms with Crippen molar-refractivity contribution < 1.29 is 18.0 Å². The van der Waals surface area contributed by atoms with E-state index in [2.05, 4.69) is 21.2 Å². The number of alkyl halides is 3. The number of benzene rings is 2. The van der Waals surface area contributed by atoms with Gasteiger partial charge in [-0.3, -0.25) is 4.79 Å². The number of amides is 1. The first kappa shape index (κ1) is 24.0. The van der Waals surface area contributed by atoms with E-state index in [0.717, 1.165) is 24.2 Å². The van der Waals surface area contributed by atoms with E-state index in [1.54, 1.807) is 24.1 Å². The first-order valence-corrected chi connectivity index (χ1v) is 9.95. The standard InChI is InChI=1S/C20H19BrClF3N2O.ClH/c1-27(19(28)13-8-14(20(23,24)25)10-15(21)9-13)18-6-7-26-11-17(18)12-2-4-16(22)5-3-12;/h2-5,8-10,17-18,26H,6-7,11H2,1H3;1H. The van der Waals surface area contributed by atoms with Crippen LogP contribution in [0.5, 0.6) is 0 Å². The minimum Gasteiger partial charge on any atom is -0.338 e. The first-order valence-electron chi connectivity index (χ1n) is 8.78. The van der Waals surface area contributed by atoms with Gasteiger partial charge in [0.2, 0.25) is 0 Å². The van der Waals surface area contributed by atoms with Crippen molar-refractivity contribution in [2.45, 2.75) is 24.6 Å². The summed E-state index contributed by atoms with van der Waals surface area (Å²) in [4.78, 5) is 14.6. The zero-order valence-corrected chi connectivity index (χ0v) is 18.6. The summed E-state index contributed by atoms with van der Waals surface area (Å²) in [5.74, 6) is -0.410. The Kier molecular flexibility index (Phi) is 8.01. The SMILES string of the molecule is CN(C(=O)c1cc(Br)cc(C(F)(F)F)c1)C1CCNCC1c1ccc(Cl)cc1.Cl. The first-order chi connectivity index (χ1) is 13.2. The lowest BCUT2D eigenvalue weighted by atomic mass is 9.85. The van der Waals surface area contributed by atoms with Gasteiger partial charge in [-0.25, -0.2) is 0 Å². The summed E-state index contributed by atoms with van der Waals surface area (Å²) >= 11 is 9.05. The zero-order valence-electron chi connectivity index (χ0n) is 15.5. The van der Waals surface area contributed by atoms with Crippen LogP contribution in [-0.4, -0.2) is 37.0 Å². The van der Waals surface area contributed by atoms with Crippen LogP contribution >= 0.6 is 39.9 Å². The second kappa shape index (κ2) is 9.69. The number of hydrogen-bond donors (Lipinski definition) is 1. The molecule has 0 aromatic heterocycles. The second-order valence-corrected chi connectivity index (χ2v) is 8.21. The Morgan fingerprint density at radius 1 is 1.21 bits per heavy atom. The lowest BCUT2D eigenvalue weighted by Gasteiger charge is -2.39. The van der Waals surface area contributed by atoms with Crippen LogP contribution in [-0.2, 0) is 6.18 Å². The third-order valence-electron chi connectivity index (χ3n) is 5.03. The molecule has 0 spiro atoms. The van der Waals surface area contributed by atoms with Crippen LogP contribution in [0.25, 0.3) is 0 Å². The molecule has 2 aromatic rings. The van der Waals surface area contributed by atoms with Crippen molar-refractivity contribution in [3.8, 4) is 0 Å². The van der Waals surface area contributed by atoms with Crippen molar-refractivity contribution >= 4 is 45.8 Å². The molecule has 3 nitrogen and oxygen atoms in total. The van der Waals surface area contributed by atoms with Gasteiger partial charge in [-0.15, -0.1) is 12.4 Å². The molecule has 1 amide bonds. The summed E-state index contributed by atoms with van der Waals surface area (Å²) in [5.41, 5.74) is 0.197. The molecule has 1 fully saturated rings. The molecule has 158 valence electrons. The molecule has 1 saturated heterocycles. The highest BCUT2D eigenvalue weighted by molar-refractivity contribution is 9.10. The molecule has 1 heterocycles. The van der Waals surface area contributed by atoms with Crippen LogP contribution < -0.4 is 5.32 Å². The Bertz CT molecular complexity index is 862. The Morgan fingerprint density at radius 3 is 2.48 bits per heavy atom. The number of nitrogens with zero attached hydrogens (tertiary/aromatic N) is 1. The molecule has 0 aliphatic carbocycles. The van der Waals surface area contributed by atoms with E-state index in [1.165, 1.54) is 6.07 Å². The van der Waals surface area contributed by atoms with Crippen LogP contribution in [0.2, 0.25) is 5.02 Å². The van der Waals surface area contributed by atoms with Crippen LogP contribution in [0.4, 0.5) is 13.2 Å². The van der Waals surface area contributed by atoms with Crippen LogP contribution in [0.1, 0.15) is 33.8 Å². The monoisotopic (exact) mass is 510 g/mol. The molecule has 1 aliphatic rings. The van der Waals surface area contributed by atoms with Gasteiger partial charge in [0.05, 0.1) is 5.56 Å². The molecule has 0 saturated carbocycles. The van der Waals surface area contributed by atoms with E-state index in [0.29, 0.717) is 18.0 Å². The fraction of sp³-hybridized carbons (Fsp3) is 0.350.